The second-order valence-electron chi connectivity index (χ2n) is 3.97. The smallest absolute Gasteiger partial charge is 0.248 e. The van der Waals surface area contributed by atoms with Crippen LogP contribution < -0.4 is 0 Å². The Morgan fingerprint density at radius 3 is 2.81 bits per heavy atom. The summed E-state index contributed by atoms with van der Waals surface area (Å²) in [4.78, 5) is 17.6. The summed E-state index contributed by atoms with van der Waals surface area (Å²) in [5.41, 5.74) is 0.933. The summed E-state index contributed by atoms with van der Waals surface area (Å²) in [5, 5.41) is 3.00. The molecule has 0 aliphatic carbocycles. The zero-order chi connectivity index (χ0) is 12.1. The summed E-state index contributed by atoms with van der Waals surface area (Å²) < 4.78 is 5.26. The van der Waals surface area contributed by atoms with Crippen LogP contribution in [0.3, 0.4) is 0 Å². The molecule has 0 N–H and O–H groups in total. The van der Waals surface area contributed by atoms with Gasteiger partial charge in [0.1, 0.15) is 6.61 Å². The fourth-order valence-electron chi connectivity index (χ4n) is 1.16. The normalized spacial score (nSPS) is 10.8. The average Bonchev–Trinajstić information content (AvgIpc) is 2.60. The summed E-state index contributed by atoms with van der Waals surface area (Å²) in [6.07, 6.45) is 0.0823. The van der Waals surface area contributed by atoms with Gasteiger partial charge in [-0.15, -0.1) is 11.3 Å². The van der Waals surface area contributed by atoms with E-state index < -0.39 is 0 Å². The van der Waals surface area contributed by atoms with Crippen molar-refractivity contribution in [1.82, 2.24) is 9.88 Å². The van der Waals surface area contributed by atoms with Gasteiger partial charge in [0.05, 0.1) is 23.4 Å². The molecule has 0 aliphatic heterocycles. The van der Waals surface area contributed by atoms with E-state index in [1.54, 1.807) is 23.3 Å². The van der Waals surface area contributed by atoms with Gasteiger partial charge in [-0.3, -0.25) is 4.79 Å². The molecule has 1 amide bonds. The number of amides is 1. The van der Waals surface area contributed by atoms with Gasteiger partial charge in [-0.25, -0.2) is 4.98 Å². The second kappa shape index (κ2) is 5.96. The van der Waals surface area contributed by atoms with Gasteiger partial charge >= 0.3 is 0 Å². The number of carbonyl (C=O) groups excluding carboxylic acids is 1. The monoisotopic (exact) mass is 242 g/mol. The molecule has 1 rings (SSSR count). The summed E-state index contributed by atoms with van der Waals surface area (Å²) in [5.74, 6) is -0.0145. The highest BCUT2D eigenvalue weighted by Gasteiger charge is 2.11. The van der Waals surface area contributed by atoms with Crippen LogP contribution >= 0.6 is 11.3 Å². The fourth-order valence-corrected chi connectivity index (χ4v) is 1.76. The Labute approximate surface area is 100 Å². The number of rotatable bonds is 5. The SMILES string of the molecule is Cc1nc(CN(C)C(=O)COC(C)C)cs1. The quantitative estimate of drug-likeness (QED) is 0.791. The minimum atomic E-state index is -0.0145. The lowest BCUT2D eigenvalue weighted by molar-refractivity contribution is -0.136. The summed E-state index contributed by atoms with van der Waals surface area (Å²) in [7, 11) is 1.76. The predicted molar refractivity (Wildman–Crippen MR) is 64.4 cm³/mol. The van der Waals surface area contributed by atoms with E-state index in [9.17, 15) is 4.79 Å². The Kier molecular flexibility index (Phi) is 4.89. The molecule has 0 fully saturated rings. The standard InChI is InChI=1S/C11H18N2O2S/c1-8(2)15-6-11(14)13(4)5-10-7-16-9(3)12-10/h7-8H,5-6H2,1-4H3. The highest BCUT2D eigenvalue weighted by Crippen LogP contribution is 2.09. The molecule has 90 valence electrons. The maximum absolute atomic E-state index is 11.6. The van der Waals surface area contributed by atoms with E-state index in [4.69, 9.17) is 4.74 Å². The van der Waals surface area contributed by atoms with Crippen LogP contribution in [-0.4, -0.2) is 35.5 Å². The van der Waals surface area contributed by atoms with Crippen LogP contribution in [0.1, 0.15) is 24.5 Å². The van der Waals surface area contributed by atoms with E-state index in [1.165, 1.54) is 0 Å². The zero-order valence-corrected chi connectivity index (χ0v) is 11.0. The third-order valence-electron chi connectivity index (χ3n) is 2.03. The van der Waals surface area contributed by atoms with E-state index >= 15 is 0 Å². The minimum Gasteiger partial charge on any atom is -0.369 e. The van der Waals surface area contributed by atoms with Crippen LogP contribution in [0, 0.1) is 6.92 Å². The number of nitrogens with zero attached hydrogens (tertiary/aromatic N) is 2. The number of likely N-dealkylation sites (N-methyl/N-ethyl adjacent to an activating group) is 1. The molecule has 5 heteroatoms. The van der Waals surface area contributed by atoms with Crippen molar-refractivity contribution in [2.24, 2.45) is 0 Å². The second-order valence-corrected chi connectivity index (χ2v) is 5.03. The Morgan fingerprint density at radius 2 is 2.31 bits per heavy atom. The molecule has 0 saturated carbocycles. The largest absolute Gasteiger partial charge is 0.369 e. The molecular formula is C11H18N2O2S. The highest BCUT2D eigenvalue weighted by atomic mass is 32.1. The van der Waals surface area contributed by atoms with E-state index in [-0.39, 0.29) is 18.6 Å². The average molecular weight is 242 g/mol. The van der Waals surface area contributed by atoms with Gasteiger partial charge in [0, 0.05) is 12.4 Å². The van der Waals surface area contributed by atoms with Crippen LogP contribution in [0.4, 0.5) is 0 Å². The van der Waals surface area contributed by atoms with Gasteiger partial charge in [0.25, 0.3) is 0 Å². The van der Waals surface area contributed by atoms with Crippen LogP contribution in [-0.2, 0) is 16.1 Å². The first-order valence-electron chi connectivity index (χ1n) is 5.25. The lowest BCUT2D eigenvalue weighted by Gasteiger charge is -2.16. The number of hydrogen-bond donors (Lipinski definition) is 0. The third kappa shape index (κ3) is 4.28. The predicted octanol–water partition coefficient (Wildman–Crippen LogP) is 1.83. The van der Waals surface area contributed by atoms with E-state index in [0.29, 0.717) is 6.54 Å². The molecule has 0 radical (unpaired) electrons. The van der Waals surface area contributed by atoms with Crippen LogP contribution in [0.25, 0.3) is 0 Å². The first-order chi connectivity index (χ1) is 7.49. The third-order valence-corrected chi connectivity index (χ3v) is 2.85. The molecule has 0 saturated heterocycles. The van der Waals surface area contributed by atoms with Crippen LogP contribution in [0.15, 0.2) is 5.38 Å². The van der Waals surface area contributed by atoms with Crippen LogP contribution in [0.5, 0.6) is 0 Å². The van der Waals surface area contributed by atoms with Crippen molar-refractivity contribution in [3.8, 4) is 0 Å². The van der Waals surface area contributed by atoms with Gasteiger partial charge in [-0.05, 0) is 20.8 Å². The molecule has 0 aromatic carbocycles. The molecule has 0 unspecified atom stereocenters. The molecule has 0 aliphatic rings. The Bertz CT molecular complexity index is 350. The minimum absolute atomic E-state index is 0.0145. The molecular weight excluding hydrogens is 224 g/mol. The van der Waals surface area contributed by atoms with Crippen molar-refractivity contribution in [1.29, 1.82) is 0 Å². The Hall–Kier alpha value is -0.940. The van der Waals surface area contributed by atoms with E-state index in [0.717, 1.165) is 10.7 Å². The van der Waals surface area contributed by atoms with Crippen molar-refractivity contribution in [2.45, 2.75) is 33.4 Å². The summed E-state index contributed by atoms with van der Waals surface area (Å²) >= 11 is 1.60. The lowest BCUT2D eigenvalue weighted by atomic mass is 10.4. The molecule has 16 heavy (non-hydrogen) atoms. The molecule has 0 bridgehead atoms. The van der Waals surface area contributed by atoms with Gasteiger partial charge in [0.15, 0.2) is 0 Å². The van der Waals surface area contributed by atoms with E-state index in [2.05, 4.69) is 4.98 Å². The molecule has 4 nitrogen and oxygen atoms in total. The van der Waals surface area contributed by atoms with Gasteiger partial charge < -0.3 is 9.64 Å². The fraction of sp³-hybridized carbons (Fsp3) is 0.636. The lowest BCUT2D eigenvalue weighted by Crippen LogP contribution is -2.30. The number of hydrogen-bond acceptors (Lipinski definition) is 4. The molecule has 1 aromatic rings. The number of carbonyl (C=O) groups is 1. The van der Waals surface area contributed by atoms with Crippen molar-refractivity contribution < 1.29 is 9.53 Å². The number of thiazole rings is 1. The first-order valence-corrected chi connectivity index (χ1v) is 6.13. The highest BCUT2D eigenvalue weighted by molar-refractivity contribution is 7.09. The summed E-state index contributed by atoms with van der Waals surface area (Å²) in [6.45, 7) is 6.47. The van der Waals surface area contributed by atoms with Gasteiger partial charge in [-0.1, -0.05) is 0 Å². The summed E-state index contributed by atoms with van der Waals surface area (Å²) in [6, 6.07) is 0. The Morgan fingerprint density at radius 1 is 1.62 bits per heavy atom. The number of ether oxygens (including phenoxy) is 1. The van der Waals surface area contributed by atoms with Gasteiger partial charge in [-0.2, -0.15) is 0 Å². The maximum atomic E-state index is 11.6. The molecule has 1 aromatic heterocycles. The van der Waals surface area contributed by atoms with Crippen molar-refractivity contribution >= 4 is 17.2 Å². The van der Waals surface area contributed by atoms with Crippen molar-refractivity contribution in [3.05, 3.63) is 16.1 Å². The van der Waals surface area contributed by atoms with Crippen LogP contribution in [0.2, 0.25) is 0 Å². The number of aryl methyl sites for hydroxylation is 1. The molecule has 0 atom stereocenters. The molecule has 0 spiro atoms. The topological polar surface area (TPSA) is 42.4 Å². The maximum Gasteiger partial charge on any atom is 0.248 e. The molecule has 1 heterocycles. The first kappa shape index (κ1) is 13.1. The zero-order valence-electron chi connectivity index (χ0n) is 10.2. The Balaban J connectivity index is 2.39. The van der Waals surface area contributed by atoms with Gasteiger partial charge in [0.2, 0.25) is 5.91 Å². The van der Waals surface area contributed by atoms with Crippen molar-refractivity contribution in [2.75, 3.05) is 13.7 Å². The number of aromatic nitrogens is 1. The van der Waals surface area contributed by atoms with E-state index in [1.807, 2.05) is 26.2 Å². The van der Waals surface area contributed by atoms with Crippen molar-refractivity contribution in [3.63, 3.8) is 0 Å².